The van der Waals surface area contributed by atoms with Gasteiger partial charge in [0.2, 0.25) is 0 Å². The van der Waals surface area contributed by atoms with Crippen LogP contribution in [0, 0.1) is 0 Å². The summed E-state index contributed by atoms with van der Waals surface area (Å²) in [6.45, 7) is 14.0. The first-order valence-corrected chi connectivity index (χ1v) is 26.2. The van der Waals surface area contributed by atoms with Gasteiger partial charge in [0.1, 0.15) is 0 Å². The first kappa shape index (κ1) is 40.6. The standard InChI is InChI=1S/C64H53BN4S/c1-63(2,3)38-27-30-41(31-28-38)68-54-36-42(67-50-24-13-10-19-43(50)44-20-11-14-25-51(44)67)37-55-58(54)65(62-61(68)48-35-39(64(4,5)6)29-34-56(48)70-62)49-23-16-22-45-46-32-33-53-57(60(46)69(55)59(45)49)47-21-12-15-26-52(47)66(53)40-17-8-7-9-18-40/h7-10,12-13,15-19,21-24,26-37H,11,14,20,25H2,1-6H3. The van der Waals surface area contributed by atoms with Crippen molar-refractivity contribution in [2.75, 3.05) is 4.90 Å². The minimum atomic E-state index is -0.00395. The number of thiophene rings is 1. The van der Waals surface area contributed by atoms with Gasteiger partial charge >= 0.3 is 0 Å². The molecule has 0 saturated heterocycles. The van der Waals surface area contributed by atoms with E-state index in [0.29, 0.717) is 0 Å². The van der Waals surface area contributed by atoms with Gasteiger partial charge in [0.05, 0.1) is 27.8 Å². The molecular weight excluding hydrogens is 868 g/mol. The predicted molar refractivity (Wildman–Crippen MR) is 301 cm³/mol. The Bertz CT molecular complexity index is 4200. The van der Waals surface area contributed by atoms with Crippen LogP contribution in [0.3, 0.4) is 0 Å². The molecule has 0 saturated carbocycles. The Labute approximate surface area is 413 Å². The van der Waals surface area contributed by atoms with E-state index in [2.05, 4.69) is 224 Å². The summed E-state index contributed by atoms with van der Waals surface area (Å²) in [4.78, 5) is 2.68. The maximum Gasteiger partial charge on any atom is 0.264 e. The summed E-state index contributed by atoms with van der Waals surface area (Å²) in [5.41, 5.74) is 22.3. The molecule has 70 heavy (non-hydrogen) atoms. The van der Waals surface area contributed by atoms with Crippen LogP contribution in [0.4, 0.5) is 17.1 Å². The third-order valence-corrected chi connectivity index (χ3v) is 17.5. The number of hydrogen-bond acceptors (Lipinski definition) is 2. The molecule has 0 fully saturated rings. The van der Waals surface area contributed by atoms with Crippen molar-refractivity contribution in [3.05, 3.63) is 186 Å². The fraction of sp³-hybridized carbons (Fsp3) is 0.188. The second kappa shape index (κ2) is 14.2. The Morgan fingerprint density at radius 2 is 1.14 bits per heavy atom. The summed E-state index contributed by atoms with van der Waals surface area (Å²) in [5, 5.41) is 7.90. The highest BCUT2D eigenvalue weighted by molar-refractivity contribution is 7.33. The molecule has 0 N–H and O–H groups in total. The lowest BCUT2D eigenvalue weighted by Crippen LogP contribution is -2.59. The number of rotatable bonds is 3. The third kappa shape index (κ3) is 5.43. The molecule has 0 bridgehead atoms. The van der Waals surface area contributed by atoms with Gasteiger partial charge in [-0.1, -0.05) is 139 Å². The molecular formula is C64H53BN4S. The number of hydrogen-bond donors (Lipinski definition) is 0. The summed E-state index contributed by atoms with van der Waals surface area (Å²) < 4.78 is 10.6. The van der Waals surface area contributed by atoms with Gasteiger partial charge < -0.3 is 18.6 Å². The van der Waals surface area contributed by atoms with Gasteiger partial charge in [-0.15, -0.1) is 11.3 Å². The molecule has 0 radical (unpaired) electrons. The van der Waals surface area contributed by atoms with E-state index in [1.165, 1.54) is 150 Å². The summed E-state index contributed by atoms with van der Waals surface area (Å²) in [6.07, 6.45) is 4.63. The molecule has 6 heteroatoms. The van der Waals surface area contributed by atoms with Crippen molar-refractivity contribution in [3.8, 4) is 17.1 Å². The summed E-state index contributed by atoms with van der Waals surface area (Å²) in [5.74, 6) is 0. The molecule has 4 aromatic heterocycles. The summed E-state index contributed by atoms with van der Waals surface area (Å²) in [7, 11) is 0. The van der Waals surface area contributed by atoms with Crippen LogP contribution in [0.5, 0.6) is 0 Å². The average Bonchev–Trinajstić information content (AvgIpc) is 4.12. The lowest BCUT2D eigenvalue weighted by molar-refractivity contribution is 0.590. The summed E-state index contributed by atoms with van der Waals surface area (Å²) in [6, 6.07) is 63.2. The van der Waals surface area contributed by atoms with Crippen molar-refractivity contribution in [1.82, 2.24) is 13.7 Å². The zero-order valence-electron chi connectivity index (χ0n) is 40.7. The number of benzene rings is 8. The van der Waals surface area contributed by atoms with Crippen LogP contribution >= 0.6 is 11.3 Å². The Hall–Kier alpha value is -7.28. The molecule has 0 spiro atoms. The molecule has 1 aliphatic carbocycles. The second-order valence-corrected chi connectivity index (χ2v) is 23.4. The Morgan fingerprint density at radius 3 is 1.93 bits per heavy atom. The number of fused-ring (bicyclic) bond motifs is 16. The van der Waals surface area contributed by atoms with Crippen molar-refractivity contribution in [2.45, 2.75) is 78.1 Å². The van der Waals surface area contributed by atoms with Gasteiger partial charge in [0, 0.05) is 81.4 Å². The topological polar surface area (TPSA) is 18.0 Å². The number of aromatic nitrogens is 3. The van der Waals surface area contributed by atoms with Crippen LogP contribution in [0.2, 0.25) is 0 Å². The molecule has 4 nitrogen and oxygen atoms in total. The molecule has 15 rings (SSSR count). The Morgan fingerprint density at radius 1 is 0.471 bits per heavy atom. The monoisotopic (exact) mass is 920 g/mol. The lowest BCUT2D eigenvalue weighted by Gasteiger charge is -2.39. The van der Waals surface area contributed by atoms with Gasteiger partial charge in [-0.05, 0) is 131 Å². The van der Waals surface area contributed by atoms with E-state index in [-0.39, 0.29) is 17.5 Å². The zero-order valence-corrected chi connectivity index (χ0v) is 41.5. The smallest absolute Gasteiger partial charge is 0.264 e. The predicted octanol–water partition coefficient (Wildman–Crippen LogP) is 15.1. The number of para-hydroxylation sites is 4. The van der Waals surface area contributed by atoms with Crippen molar-refractivity contribution in [1.29, 1.82) is 0 Å². The zero-order chi connectivity index (χ0) is 46.9. The molecule has 3 aliphatic rings. The Kier molecular flexibility index (Phi) is 8.22. The van der Waals surface area contributed by atoms with Crippen molar-refractivity contribution >= 4 is 115 Å². The van der Waals surface area contributed by atoms with Crippen LogP contribution in [0.25, 0.3) is 81.7 Å². The van der Waals surface area contributed by atoms with Crippen LogP contribution in [0.1, 0.15) is 76.8 Å². The highest BCUT2D eigenvalue weighted by Gasteiger charge is 2.45. The lowest BCUT2D eigenvalue weighted by atomic mass is 9.36. The van der Waals surface area contributed by atoms with E-state index < -0.39 is 0 Å². The summed E-state index contributed by atoms with van der Waals surface area (Å²) >= 11 is 2.00. The van der Waals surface area contributed by atoms with Crippen LogP contribution in [-0.2, 0) is 23.7 Å². The van der Waals surface area contributed by atoms with Crippen molar-refractivity contribution in [2.24, 2.45) is 0 Å². The highest BCUT2D eigenvalue weighted by atomic mass is 32.1. The number of nitrogens with zero attached hydrogens (tertiary/aromatic N) is 4. The van der Waals surface area contributed by atoms with E-state index >= 15 is 0 Å². The van der Waals surface area contributed by atoms with Gasteiger partial charge in [0.15, 0.2) is 0 Å². The maximum atomic E-state index is 2.72. The van der Waals surface area contributed by atoms with Gasteiger partial charge in [0.25, 0.3) is 6.71 Å². The minimum Gasteiger partial charge on any atom is -0.313 e. The van der Waals surface area contributed by atoms with Gasteiger partial charge in [-0.25, -0.2) is 0 Å². The average molecular weight is 921 g/mol. The molecule has 0 atom stereocenters. The first-order valence-electron chi connectivity index (χ1n) is 25.3. The number of anilines is 3. The second-order valence-electron chi connectivity index (χ2n) is 22.3. The molecule has 0 unspecified atom stereocenters. The fourth-order valence-electron chi connectivity index (χ4n) is 13.1. The highest BCUT2D eigenvalue weighted by Crippen LogP contribution is 2.50. The number of aryl methyl sites for hydroxylation is 1. The normalized spacial score (nSPS) is 14.4. The van der Waals surface area contributed by atoms with Crippen LogP contribution < -0.4 is 20.6 Å². The van der Waals surface area contributed by atoms with E-state index in [1.54, 1.807) is 0 Å². The largest absolute Gasteiger partial charge is 0.313 e. The Balaban J connectivity index is 1.14. The van der Waals surface area contributed by atoms with Crippen molar-refractivity contribution in [3.63, 3.8) is 0 Å². The fourth-order valence-corrected chi connectivity index (χ4v) is 14.4. The van der Waals surface area contributed by atoms with E-state index in [1.807, 2.05) is 11.3 Å². The van der Waals surface area contributed by atoms with E-state index in [0.717, 1.165) is 12.8 Å². The van der Waals surface area contributed by atoms with E-state index in [9.17, 15) is 0 Å². The van der Waals surface area contributed by atoms with Crippen LogP contribution in [-0.4, -0.2) is 20.4 Å². The first-order chi connectivity index (χ1) is 34.0. The van der Waals surface area contributed by atoms with Gasteiger partial charge in [-0.2, -0.15) is 0 Å². The molecule has 12 aromatic rings. The van der Waals surface area contributed by atoms with Crippen molar-refractivity contribution < 1.29 is 0 Å². The molecule has 338 valence electrons. The molecule has 2 aliphatic heterocycles. The van der Waals surface area contributed by atoms with Gasteiger partial charge in [-0.3, -0.25) is 0 Å². The third-order valence-electron chi connectivity index (χ3n) is 16.3. The molecule has 8 aromatic carbocycles. The quantitative estimate of drug-likeness (QED) is 0.162. The van der Waals surface area contributed by atoms with Crippen LogP contribution in [0.15, 0.2) is 164 Å². The minimum absolute atomic E-state index is 0.00395. The maximum absolute atomic E-state index is 2.72. The SMILES string of the molecule is CC(C)(C)c1ccc(N2c3cc(-n4c5c(c6ccccc64)CCCC5)cc4c3B(c3sc5ccc(C(C)(C)C)cc5c32)c2cccc3c5ccc6c(c7ccccc7n6-c6ccccc6)c5n-4c23)cc1. The molecule has 0 amide bonds. The molecule has 6 heterocycles. The van der Waals surface area contributed by atoms with E-state index in [4.69, 9.17) is 0 Å².